The number of hydrogen-bond donors (Lipinski definition) is 0. The Labute approximate surface area is 91.0 Å². The fourth-order valence-corrected chi connectivity index (χ4v) is 2.23. The van der Waals surface area contributed by atoms with E-state index in [0.717, 1.165) is 22.7 Å². The normalized spacial score (nSPS) is 20.4. The summed E-state index contributed by atoms with van der Waals surface area (Å²) >= 11 is 3.48. The predicted octanol–water partition coefficient (Wildman–Crippen LogP) is 2.49. The summed E-state index contributed by atoms with van der Waals surface area (Å²) in [4.78, 5) is 11.2. The van der Waals surface area contributed by atoms with Crippen molar-refractivity contribution >= 4 is 32.1 Å². The van der Waals surface area contributed by atoms with E-state index in [4.69, 9.17) is 0 Å². The first-order valence-corrected chi connectivity index (χ1v) is 5.58. The minimum atomic E-state index is 0.687. The molecule has 0 saturated heterocycles. The molecule has 72 valence electrons. The van der Waals surface area contributed by atoms with E-state index < -0.39 is 0 Å². The van der Waals surface area contributed by atoms with Crippen LogP contribution >= 0.6 is 15.9 Å². The van der Waals surface area contributed by atoms with Crippen molar-refractivity contribution in [3.05, 3.63) is 18.3 Å². The molecule has 0 unspecified atom stereocenters. The van der Waals surface area contributed by atoms with Crippen LogP contribution in [-0.4, -0.2) is 22.2 Å². The number of halogens is 1. The van der Waals surface area contributed by atoms with Crippen LogP contribution in [0.4, 0.5) is 11.5 Å². The summed E-state index contributed by atoms with van der Waals surface area (Å²) in [7, 11) is 0. The second kappa shape index (κ2) is 3.05. The first-order valence-electron chi connectivity index (χ1n) is 4.79. The Morgan fingerprint density at radius 3 is 3.07 bits per heavy atom. The van der Waals surface area contributed by atoms with Gasteiger partial charge in [0, 0.05) is 12.2 Å². The van der Waals surface area contributed by atoms with Crippen molar-refractivity contribution in [2.45, 2.75) is 18.9 Å². The van der Waals surface area contributed by atoms with Gasteiger partial charge < -0.3 is 4.90 Å². The highest BCUT2D eigenvalue weighted by Gasteiger charge is 2.33. The van der Waals surface area contributed by atoms with E-state index in [1.165, 1.54) is 12.8 Å². The van der Waals surface area contributed by atoms with Crippen molar-refractivity contribution in [2.24, 2.45) is 4.99 Å². The zero-order valence-electron chi connectivity index (χ0n) is 7.65. The van der Waals surface area contributed by atoms with E-state index >= 15 is 0 Å². The first kappa shape index (κ1) is 8.41. The fourth-order valence-electron chi connectivity index (χ4n) is 1.77. The molecule has 14 heavy (non-hydrogen) atoms. The average Bonchev–Trinajstić information content (AvgIpc) is 2.99. The van der Waals surface area contributed by atoms with Crippen LogP contribution < -0.4 is 4.90 Å². The van der Waals surface area contributed by atoms with Crippen LogP contribution in [0.2, 0.25) is 0 Å². The Bertz CT molecular complexity index is 398. The van der Waals surface area contributed by atoms with Crippen molar-refractivity contribution in [2.75, 3.05) is 11.4 Å². The molecular weight excluding hydrogens is 242 g/mol. The summed E-state index contributed by atoms with van der Waals surface area (Å²) in [5.74, 6) is 1.04. The quantitative estimate of drug-likeness (QED) is 0.768. The van der Waals surface area contributed by atoms with E-state index in [1.807, 2.05) is 18.3 Å². The summed E-state index contributed by atoms with van der Waals surface area (Å²) in [6.45, 7) is 0.870. The van der Waals surface area contributed by atoms with Crippen LogP contribution in [-0.2, 0) is 0 Å². The Morgan fingerprint density at radius 1 is 1.43 bits per heavy atom. The summed E-state index contributed by atoms with van der Waals surface area (Å²) in [6.07, 6.45) is 4.41. The van der Waals surface area contributed by atoms with Crippen LogP contribution in [0.1, 0.15) is 12.8 Å². The van der Waals surface area contributed by atoms with E-state index in [1.54, 1.807) is 0 Å². The van der Waals surface area contributed by atoms with Crippen LogP contribution in [0.3, 0.4) is 0 Å². The smallest absolute Gasteiger partial charge is 0.155 e. The van der Waals surface area contributed by atoms with Gasteiger partial charge >= 0.3 is 0 Å². The van der Waals surface area contributed by atoms with Crippen molar-refractivity contribution in [3.63, 3.8) is 0 Å². The van der Waals surface area contributed by atoms with Crippen LogP contribution in [0.5, 0.6) is 0 Å². The van der Waals surface area contributed by atoms with Gasteiger partial charge in [0.05, 0.1) is 6.54 Å². The molecule has 0 amide bonds. The summed E-state index contributed by atoms with van der Waals surface area (Å²) in [6, 6.07) is 4.63. The molecule has 1 saturated carbocycles. The van der Waals surface area contributed by atoms with Gasteiger partial charge in [-0.15, -0.1) is 0 Å². The van der Waals surface area contributed by atoms with Gasteiger partial charge in [-0.3, -0.25) is 0 Å². The highest BCUT2D eigenvalue weighted by Crippen LogP contribution is 2.38. The van der Waals surface area contributed by atoms with Gasteiger partial charge in [-0.05, 0) is 40.9 Å². The van der Waals surface area contributed by atoms with Gasteiger partial charge in [-0.2, -0.15) is 0 Å². The molecule has 1 aromatic rings. The third kappa shape index (κ3) is 1.34. The number of aromatic nitrogens is 1. The molecule has 0 aromatic carbocycles. The van der Waals surface area contributed by atoms with Gasteiger partial charge in [-0.25, -0.2) is 9.98 Å². The maximum absolute atomic E-state index is 4.44. The number of pyridine rings is 1. The topological polar surface area (TPSA) is 28.5 Å². The van der Waals surface area contributed by atoms with Crippen molar-refractivity contribution < 1.29 is 0 Å². The summed E-state index contributed by atoms with van der Waals surface area (Å²) in [5.41, 5.74) is 0.984. The van der Waals surface area contributed by atoms with E-state index in [9.17, 15) is 0 Å². The van der Waals surface area contributed by atoms with Gasteiger partial charge in [0.25, 0.3) is 0 Å². The van der Waals surface area contributed by atoms with Crippen LogP contribution in [0.25, 0.3) is 0 Å². The molecule has 4 heteroatoms. The molecule has 1 aliphatic heterocycles. The summed E-state index contributed by atoms with van der Waals surface area (Å²) in [5, 5.41) is 0. The molecule has 0 atom stereocenters. The van der Waals surface area contributed by atoms with Gasteiger partial charge in [-0.1, -0.05) is 0 Å². The van der Waals surface area contributed by atoms with Crippen molar-refractivity contribution in [1.29, 1.82) is 0 Å². The number of nitrogens with zero attached hydrogens (tertiary/aromatic N) is 3. The van der Waals surface area contributed by atoms with Crippen molar-refractivity contribution in [3.8, 4) is 0 Å². The molecular formula is C10H10BrN3. The number of hydrogen-bond acceptors (Lipinski definition) is 3. The zero-order valence-corrected chi connectivity index (χ0v) is 9.24. The lowest BCUT2D eigenvalue weighted by atomic mass is 10.3. The van der Waals surface area contributed by atoms with Gasteiger partial charge in [0.2, 0.25) is 0 Å². The lowest BCUT2D eigenvalue weighted by molar-refractivity contribution is 0.851. The Morgan fingerprint density at radius 2 is 2.29 bits per heavy atom. The Balaban J connectivity index is 2.07. The average molecular weight is 252 g/mol. The van der Waals surface area contributed by atoms with E-state index in [2.05, 4.69) is 30.8 Å². The molecule has 1 fully saturated rings. The van der Waals surface area contributed by atoms with Crippen LogP contribution in [0.15, 0.2) is 23.3 Å². The maximum atomic E-state index is 4.44. The SMILES string of the molecule is BrC1=Nc2cccnc2N(C2CC2)C1. The van der Waals surface area contributed by atoms with Crippen molar-refractivity contribution in [1.82, 2.24) is 4.98 Å². The molecule has 2 heterocycles. The molecule has 0 spiro atoms. The van der Waals surface area contributed by atoms with Gasteiger partial charge in [0.1, 0.15) is 10.3 Å². The number of aliphatic imine (C=N–C) groups is 1. The monoisotopic (exact) mass is 251 g/mol. The molecule has 3 rings (SSSR count). The minimum absolute atomic E-state index is 0.687. The third-order valence-corrected chi connectivity index (χ3v) is 3.00. The lowest BCUT2D eigenvalue weighted by Gasteiger charge is -2.27. The Kier molecular flexibility index (Phi) is 1.83. The van der Waals surface area contributed by atoms with Gasteiger partial charge in [0.15, 0.2) is 5.82 Å². The number of rotatable bonds is 1. The lowest BCUT2D eigenvalue weighted by Crippen LogP contribution is -2.32. The predicted molar refractivity (Wildman–Crippen MR) is 60.6 cm³/mol. The van der Waals surface area contributed by atoms with Crippen LogP contribution in [0, 0.1) is 0 Å². The second-order valence-electron chi connectivity index (χ2n) is 3.69. The number of anilines is 1. The molecule has 0 N–H and O–H groups in total. The molecule has 1 aromatic heterocycles. The molecule has 1 aliphatic carbocycles. The fraction of sp³-hybridized carbons (Fsp3) is 0.400. The molecule has 0 bridgehead atoms. The minimum Gasteiger partial charge on any atom is -0.345 e. The summed E-state index contributed by atoms with van der Waals surface area (Å²) < 4.78 is 1.00. The van der Waals surface area contributed by atoms with E-state index in [0.29, 0.717) is 6.04 Å². The molecule has 2 aliphatic rings. The Hall–Kier alpha value is -0.900. The zero-order chi connectivity index (χ0) is 9.54. The highest BCUT2D eigenvalue weighted by atomic mass is 79.9. The first-order chi connectivity index (χ1) is 6.84. The standard InChI is InChI=1S/C10H10BrN3/c11-9-6-14(7-3-4-7)10-8(13-9)2-1-5-12-10/h1-2,5,7H,3-4,6H2. The second-order valence-corrected chi connectivity index (χ2v) is 4.61. The largest absolute Gasteiger partial charge is 0.345 e. The molecule has 0 radical (unpaired) electrons. The number of fused-ring (bicyclic) bond motifs is 1. The molecule has 3 nitrogen and oxygen atoms in total. The highest BCUT2D eigenvalue weighted by molar-refractivity contribution is 9.18. The van der Waals surface area contributed by atoms with E-state index in [-0.39, 0.29) is 0 Å². The third-order valence-electron chi connectivity index (χ3n) is 2.57. The maximum Gasteiger partial charge on any atom is 0.155 e.